The Kier molecular flexibility index (Phi) is 9.05. The molecule has 2 aromatic rings. The van der Waals surface area contributed by atoms with E-state index >= 15 is 0 Å². The summed E-state index contributed by atoms with van der Waals surface area (Å²) in [7, 11) is 1.53. The van der Waals surface area contributed by atoms with Crippen LogP contribution in [0, 0.1) is 5.41 Å². The quantitative estimate of drug-likeness (QED) is 0.409. The summed E-state index contributed by atoms with van der Waals surface area (Å²) in [5.41, 5.74) is 0.228. The maximum absolute atomic E-state index is 13.1. The van der Waals surface area contributed by atoms with Crippen molar-refractivity contribution in [3.63, 3.8) is 0 Å². The number of aliphatic hydroxyl groups excluding tert-OH is 1. The number of hydrogen-bond donors (Lipinski definition) is 2. The second-order valence-electron chi connectivity index (χ2n) is 10.1. The Morgan fingerprint density at radius 2 is 1.84 bits per heavy atom. The normalized spacial score (nSPS) is 18.3. The van der Waals surface area contributed by atoms with Gasteiger partial charge < -0.3 is 24.6 Å². The van der Waals surface area contributed by atoms with Gasteiger partial charge in [-0.2, -0.15) is 0 Å². The van der Waals surface area contributed by atoms with Gasteiger partial charge >= 0.3 is 12.1 Å². The highest BCUT2D eigenvalue weighted by Gasteiger charge is 2.41. The molecule has 0 aromatic heterocycles. The van der Waals surface area contributed by atoms with Crippen molar-refractivity contribution in [3.8, 4) is 0 Å². The van der Waals surface area contributed by atoms with Crippen molar-refractivity contribution in [1.82, 2.24) is 4.90 Å². The van der Waals surface area contributed by atoms with E-state index in [2.05, 4.69) is 0 Å². The van der Waals surface area contributed by atoms with Crippen molar-refractivity contribution in [1.29, 1.82) is 0 Å². The number of amides is 1. The standard InChI is InChI=1S/C29H34ClNO6/c1-28(2,3)37-27(35)31(19-24(32)21-11-8-12-22(30)17-21)16-15-29(26(33)34)14-13-23(25(18-29)36-4)20-9-6-5-7-10-20/h5-14,17,24,32H,15-16,18-19H2,1-4H3,(H,33,34)/t24-,29?/m0/s1. The molecule has 0 saturated heterocycles. The summed E-state index contributed by atoms with van der Waals surface area (Å²) in [6, 6.07) is 16.4. The minimum Gasteiger partial charge on any atom is -0.500 e. The number of carboxylic acids is 1. The molecule has 1 aliphatic carbocycles. The van der Waals surface area contributed by atoms with Crippen LogP contribution in [0.3, 0.4) is 0 Å². The summed E-state index contributed by atoms with van der Waals surface area (Å²) in [6.07, 6.45) is 1.98. The van der Waals surface area contributed by atoms with E-state index in [1.807, 2.05) is 30.3 Å². The summed E-state index contributed by atoms with van der Waals surface area (Å²) in [5.74, 6) is -0.469. The van der Waals surface area contributed by atoms with Crippen molar-refractivity contribution in [2.45, 2.75) is 45.3 Å². The molecule has 1 amide bonds. The molecule has 2 aromatic carbocycles. The molecule has 0 aliphatic heterocycles. The zero-order valence-corrected chi connectivity index (χ0v) is 22.4. The SMILES string of the molecule is COC1=C(c2ccccc2)C=CC(CCN(C[C@H](O)c2cccc(Cl)c2)C(=O)OC(C)(C)C)(C(=O)O)C1. The number of carbonyl (C=O) groups is 2. The summed E-state index contributed by atoms with van der Waals surface area (Å²) < 4.78 is 11.2. The molecule has 0 fully saturated rings. The molecule has 0 saturated carbocycles. The molecular formula is C29H34ClNO6. The minimum absolute atomic E-state index is 0.0425. The Hall–Kier alpha value is -3.29. The third kappa shape index (κ3) is 7.37. The minimum atomic E-state index is -1.30. The van der Waals surface area contributed by atoms with Crippen LogP contribution >= 0.6 is 11.6 Å². The maximum Gasteiger partial charge on any atom is 0.410 e. The van der Waals surface area contributed by atoms with Crippen molar-refractivity contribution in [2.75, 3.05) is 20.2 Å². The Labute approximate surface area is 223 Å². The van der Waals surface area contributed by atoms with E-state index in [1.165, 1.54) is 12.0 Å². The van der Waals surface area contributed by atoms with Gasteiger partial charge in [0.25, 0.3) is 0 Å². The van der Waals surface area contributed by atoms with E-state index in [0.29, 0.717) is 16.3 Å². The average molecular weight is 528 g/mol. The van der Waals surface area contributed by atoms with Crippen LogP contribution in [0.25, 0.3) is 5.57 Å². The zero-order chi connectivity index (χ0) is 27.2. The van der Waals surface area contributed by atoms with Gasteiger partial charge in [-0.15, -0.1) is 0 Å². The van der Waals surface area contributed by atoms with Crippen LogP contribution in [0.1, 0.15) is 50.8 Å². The number of rotatable bonds is 9. The van der Waals surface area contributed by atoms with Crippen LogP contribution in [-0.2, 0) is 14.3 Å². The van der Waals surface area contributed by atoms with E-state index in [4.69, 9.17) is 21.1 Å². The first-order valence-corrected chi connectivity index (χ1v) is 12.5. The molecule has 3 rings (SSSR count). The van der Waals surface area contributed by atoms with Gasteiger partial charge in [-0.1, -0.05) is 66.2 Å². The van der Waals surface area contributed by atoms with E-state index < -0.39 is 29.2 Å². The Balaban J connectivity index is 1.85. The molecule has 2 atom stereocenters. The number of aliphatic carboxylic acids is 1. The molecule has 0 radical (unpaired) electrons. The number of hydrogen-bond acceptors (Lipinski definition) is 5. The van der Waals surface area contributed by atoms with E-state index in [9.17, 15) is 19.8 Å². The molecule has 37 heavy (non-hydrogen) atoms. The Morgan fingerprint density at radius 3 is 2.43 bits per heavy atom. The van der Waals surface area contributed by atoms with Crippen molar-refractivity contribution >= 4 is 29.2 Å². The fraction of sp³-hybridized carbons (Fsp3) is 0.379. The number of carboxylic acid groups (broad SMARTS) is 1. The van der Waals surface area contributed by atoms with Gasteiger partial charge in [0.05, 0.1) is 25.2 Å². The number of ether oxygens (including phenoxy) is 2. The topological polar surface area (TPSA) is 96.3 Å². The second-order valence-corrected chi connectivity index (χ2v) is 10.6. The summed E-state index contributed by atoms with van der Waals surface area (Å²) in [5, 5.41) is 21.6. The van der Waals surface area contributed by atoms with Gasteiger partial charge in [0, 0.05) is 23.6 Å². The molecule has 0 heterocycles. The molecular weight excluding hydrogens is 494 g/mol. The fourth-order valence-electron chi connectivity index (χ4n) is 4.21. The zero-order valence-electron chi connectivity index (χ0n) is 21.6. The number of aliphatic hydroxyl groups is 1. The molecule has 1 aliphatic rings. The van der Waals surface area contributed by atoms with Gasteiger partial charge in [0.1, 0.15) is 11.4 Å². The highest BCUT2D eigenvalue weighted by atomic mass is 35.5. The van der Waals surface area contributed by atoms with Crippen LogP contribution in [0.2, 0.25) is 5.02 Å². The molecule has 7 nitrogen and oxygen atoms in total. The van der Waals surface area contributed by atoms with Crippen LogP contribution in [0.5, 0.6) is 0 Å². The number of benzene rings is 2. The first-order valence-electron chi connectivity index (χ1n) is 12.1. The third-order valence-electron chi connectivity index (χ3n) is 6.21. The molecule has 1 unspecified atom stereocenters. The monoisotopic (exact) mass is 527 g/mol. The predicted octanol–water partition coefficient (Wildman–Crippen LogP) is 6.09. The number of nitrogens with zero attached hydrogens (tertiary/aromatic N) is 1. The lowest BCUT2D eigenvalue weighted by Crippen LogP contribution is -2.42. The van der Waals surface area contributed by atoms with Crippen LogP contribution < -0.4 is 0 Å². The summed E-state index contributed by atoms with van der Waals surface area (Å²) in [6.45, 7) is 5.21. The number of allylic oxidation sites excluding steroid dienone is 3. The van der Waals surface area contributed by atoms with Crippen LogP contribution in [0.15, 0.2) is 72.5 Å². The highest BCUT2D eigenvalue weighted by molar-refractivity contribution is 6.30. The Bertz CT molecular complexity index is 1170. The number of carbonyl (C=O) groups excluding carboxylic acids is 1. The maximum atomic E-state index is 13.1. The van der Waals surface area contributed by atoms with Crippen molar-refractivity contribution in [2.24, 2.45) is 5.41 Å². The van der Waals surface area contributed by atoms with Crippen molar-refractivity contribution in [3.05, 3.63) is 88.7 Å². The molecule has 198 valence electrons. The summed E-state index contributed by atoms with van der Waals surface area (Å²) >= 11 is 6.07. The molecule has 2 N–H and O–H groups in total. The number of halogens is 1. The lowest BCUT2D eigenvalue weighted by atomic mass is 9.75. The van der Waals surface area contributed by atoms with Gasteiger partial charge in [-0.05, 0) is 50.5 Å². The Morgan fingerprint density at radius 1 is 1.14 bits per heavy atom. The second kappa shape index (κ2) is 11.8. The lowest BCUT2D eigenvalue weighted by molar-refractivity contribution is -0.147. The van der Waals surface area contributed by atoms with Gasteiger partial charge in [-0.25, -0.2) is 4.79 Å². The summed E-state index contributed by atoms with van der Waals surface area (Å²) in [4.78, 5) is 27.0. The van der Waals surface area contributed by atoms with Crippen molar-refractivity contribution < 1.29 is 29.3 Å². The van der Waals surface area contributed by atoms with Gasteiger partial charge in [0.15, 0.2) is 0 Å². The van der Waals surface area contributed by atoms with E-state index in [1.54, 1.807) is 57.2 Å². The molecule has 8 heteroatoms. The van der Waals surface area contributed by atoms with Crippen LogP contribution in [0.4, 0.5) is 4.79 Å². The first-order chi connectivity index (χ1) is 17.4. The van der Waals surface area contributed by atoms with Gasteiger partial charge in [-0.3, -0.25) is 4.79 Å². The fourth-order valence-corrected chi connectivity index (χ4v) is 4.40. The third-order valence-corrected chi connectivity index (χ3v) is 6.44. The smallest absolute Gasteiger partial charge is 0.410 e. The number of methoxy groups -OCH3 is 1. The average Bonchev–Trinajstić information content (AvgIpc) is 2.85. The van der Waals surface area contributed by atoms with E-state index in [0.717, 1.165) is 11.1 Å². The van der Waals surface area contributed by atoms with E-state index in [-0.39, 0.29) is 25.9 Å². The largest absolute Gasteiger partial charge is 0.500 e. The highest BCUT2D eigenvalue weighted by Crippen LogP contribution is 2.41. The van der Waals surface area contributed by atoms with Crippen LogP contribution in [-0.4, -0.2) is 53.0 Å². The molecule has 0 spiro atoms. The predicted molar refractivity (Wildman–Crippen MR) is 143 cm³/mol. The lowest BCUT2D eigenvalue weighted by Gasteiger charge is -2.34. The first kappa shape index (κ1) is 28.3. The molecule has 0 bridgehead atoms. The van der Waals surface area contributed by atoms with Gasteiger partial charge in [0.2, 0.25) is 0 Å².